The molecule has 4 aromatic rings. The highest BCUT2D eigenvalue weighted by Crippen LogP contribution is 2.35. The molecule has 0 unspecified atom stereocenters. The molecule has 0 atom stereocenters. The molecule has 1 aromatic heterocycles. The Balaban J connectivity index is 1.99. The van der Waals surface area contributed by atoms with Gasteiger partial charge in [0.1, 0.15) is 0 Å². The van der Waals surface area contributed by atoms with Crippen LogP contribution in [0.4, 0.5) is 0 Å². The molecule has 26 heavy (non-hydrogen) atoms. The lowest BCUT2D eigenvalue weighted by molar-refractivity contribution is 1.32. The Hall–Kier alpha value is -2.93. The molecule has 0 N–H and O–H groups in total. The van der Waals surface area contributed by atoms with Crippen LogP contribution in [0.2, 0.25) is 0 Å². The molecule has 4 rings (SSSR count). The number of pyridine rings is 1. The van der Waals surface area contributed by atoms with E-state index in [1.807, 2.05) is 6.20 Å². The van der Waals surface area contributed by atoms with E-state index in [4.69, 9.17) is 4.98 Å². The van der Waals surface area contributed by atoms with Crippen LogP contribution in [0.5, 0.6) is 0 Å². The third kappa shape index (κ3) is 3.01. The molecular formula is C25H23N. The van der Waals surface area contributed by atoms with Crippen molar-refractivity contribution in [3.63, 3.8) is 0 Å². The number of rotatable bonds is 2. The van der Waals surface area contributed by atoms with Crippen molar-refractivity contribution in [2.45, 2.75) is 27.7 Å². The molecular weight excluding hydrogens is 314 g/mol. The van der Waals surface area contributed by atoms with E-state index in [-0.39, 0.29) is 0 Å². The fraction of sp³-hybridized carbons (Fsp3) is 0.160. The lowest BCUT2D eigenvalue weighted by Crippen LogP contribution is -1.92. The first kappa shape index (κ1) is 16.5. The van der Waals surface area contributed by atoms with E-state index in [9.17, 15) is 0 Å². The van der Waals surface area contributed by atoms with Gasteiger partial charge in [-0.05, 0) is 50.8 Å². The van der Waals surface area contributed by atoms with Crippen molar-refractivity contribution in [2.75, 3.05) is 0 Å². The van der Waals surface area contributed by atoms with Crippen LogP contribution in [0.3, 0.4) is 0 Å². The number of hydrogen-bond donors (Lipinski definition) is 0. The smallest absolute Gasteiger partial charge is 0.0780 e. The summed E-state index contributed by atoms with van der Waals surface area (Å²) in [4.78, 5) is 4.90. The number of nitrogens with zero attached hydrogens (tertiary/aromatic N) is 1. The Morgan fingerprint density at radius 1 is 0.577 bits per heavy atom. The highest BCUT2D eigenvalue weighted by Gasteiger charge is 2.11. The Labute approximate surface area is 155 Å². The van der Waals surface area contributed by atoms with E-state index in [2.05, 4.69) is 88.4 Å². The zero-order valence-corrected chi connectivity index (χ0v) is 15.8. The molecule has 0 amide bonds. The molecule has 0 saturated heterocycles. The van der Waals surface area contributed by atoms with Crippen molar-refractivity contribution in [3.8, 4) is 22.4 Å². The van der Waals surface area contributed by atoms with Gasteiger partial charge in [-0.3, -0.25) is 4.98 Å². The lowest BCUT2D eigenvalue weighted by Gasteiger charge is -2.13. The zero-order chi connectivity index (χ0) is 18.3. The van der Waals surface area contributed by atoms with E-state index < -0.39 is 0 Å². The summed E-state index contributed by atoms with van der Waals surface area (Å²) < 4.78 is 0. The number of benzene rings is 3. The Bertz CT molecular complexity index is 992. The SMILES string of the molecule is Cc1cc(C)cc(-c2cnc(-c3cc(C)cc(C)c3)c3ccccc23)c1. The van der Waals surface area contributed by atoms with Gasteiger partial charge in [0.2, 0.25) is 0 Å². The first-order chi connectivity index (χ1) is 12.5. The van der Waals surface area contributed by atoms with Gasteiger partial charge in [-0.25, -0.2) is 0 Å². The van der Waals surface area contributed by atoms with Crippen molar-refractivity contribution in [1.29, 1.82) is 0 Å². The molecule has 0 aliphatic carbocycles. The maximum absolute atomic E-state index is 4.90. The molecule has 1 nitrogen and oxygen atoms in total. The minimum atomic E-state index is 1.06. The van der Waals surface area contributed by atoms with Crippen LogP contribution in [0, 0.1) is 27.7 Å². The van der Waals surface area contributed by atoms with Gasteiger partial charge in [0.05, 0.1) is 5.69 Å². The van der Waals surface area contributed by atoms with Gasteiger partial charge in [-0.2, -0.15) is 0 Å². The second-order valence-corrected chi connectivity index (χ2v) is 7.32. The Kier molecular flexibility index (Phi) is 4.08. The van der Waals surface area contributed by atoms with Crippen molar-refractivity contribution in [3.05, 3.63) is 89.1 Å². The van der Waals surface area contributed by atoms with Crippen molar-refractivity contribution in [1.82, 2.24) is 4.98 Å². The molecule has 128 valence electrons. The summed E-state index contributed by atoms with van der Waals surface area (Å²) >= 11 is 0. The van der Waals surface area contributed by atoms with E-state index in [0.717, 1.165) is 5.69 Å². The summed E-state index contributed by atoms with van der Waals surface area (Å²) in [5.41, 5.74) is 9.77. The largest absolute Gasteiger partial charge is 0.255 e. The normalized spacial score (nSPS) is 11.1. The van der Waals surface area contributed by atoms with Crippen LogP contribution in [0.25, 0.3) is 33.2 Å². The molecule has 0 saturated carbocycles. The molecule has 1 heteroatoms. The van der Waals surface area contributed by atoms with Crippen molar-refractivity contribution < 1.29 is 0 Å². The summed E-state index contributed by atoms with van der Waals surface area (Å²) in [6.45, 7) is 8.58. The fourth-order valence-electron chi connectivity index (χ4n) is 3.89. The van der Waals surface area contributed by atoms with E-state index in [1.165, 1.54) is 49.7 Å². The molecule has 0 aliphatic heterocycles. The Morgan fingerprint density at radius 3 is 1.65 bits per heavy atom. The maximum Gasteiger partial charge on any atom is 0.0780 e. The number of hydrogen-bond acceptors (Lipinski definition) is 1. The number of aryl methyl sites for hydroxylation is 4. The highest BCUT2D eigenvalue weighted by molar-refractivity contribution is 6.03. The van der Waals surface area contributed by atoms with Gasteiger partial charge in [0, 0.05) is 22.7 Å². The molecule has 0 aliphatic rings. The van der Waals surface area contributed by atoms with Gasteiger partial charge < -0.3 is 0 Å². The second kappa shape index (κ2) is 6.42. The predicted molar refractivity (Wildman–Crippen MR) is 112 cm³/mol. The van der Waals surface area contributed by atoms with Gasteiger partial charge >= 0.3 is 0 Å². The summed E-state index contributed by atoms with van der Waals surface area (Å²) in [6, 6.07) is 21.9. The average molecular weight is 337 g/mol. The quantitative estimate of drug-likeness (QED) is 0.392. The van der Waals surface area contributed by atoms with Gasteiger partial charge in [-0.1, -0.05) is 70.8 Å². The van der Waals surface area contributed by atoms with Crippen LogP contribution < -0.4 is 0 Å². The highest BCUT2D eigenvalue weighted by atomic mass is 14.7. The monoisotopic (exact) mass is 337 g/mol. The number of fused-ring (bicyclic) bond motifs is 1. The van der Waals surface area contributed by atoms with Crippen LogP contribution >= 0.6 is 0 Å². The van der Waals surface area contributed by atoms with E-state index in [0.29, 0.717) is 0 Å². The molecule has 0 fully saturated rings. The van der Waals surface area contributed by atoms with E-state index in [1.54, 1.807) is 0 Å². The van der Waals surface area contributed by atoms with Crippen LogP contribution in [0.15, 0.2) is 66.9 Å². The summed E-state index contributed by atoms with van der Waals surface area (Å²) in [5.74, 6) is 0. The summed E-state index contributed by atoms with van der Waals surface area (Å²) in [7, 11) is 0. The van der Waals surface area contributed by atoms with Gasteiger partial charge in [0.15, 0.2) is 0 Å². The average Bonchev–Trinajstić information content (AvgIpc) is 2.59. The molecule has 1 heterocycles. The van der Waals surface area contributed by atoms with Gasteiger partial charge in [-0.15, -0.1) is 0 Å². The second-order valence-electron chi connectivity index (χ2n) is 7.32. The lowest BCUT2D eigenvalue weighted by atomic mass is 9.94. The molecule has 3 aromatic carbocycles. The van der Waals surface area contributed by atoms with Crippen LogP contribution in [0.1, 0.15) is 22.3 Å². The standard InChI is InChI=1S/C25H23N/c1-16-9-17(2)12-20(11-16)24-15-26-25(23-8-6-5-7-22(23)24)21-13-18(3)10-19(4)14-21/h5-15H,1-4H3. The third-order valence-electron chi connectivity index (χ3n) is 4.82. The first-order valence-electron chi connectivity index (χ1n) is 9.06. The van der Waals surface area contributed by atoms with Crippen molar-refractivity contribution >= 4 is 10.8 Å². The Morgan fingerprint density at radius 2 is 1.08 bits per heavy atom. The summed E-state index contributed by atoms with van der Waals surface area (Å²) in [5, 5.41) is 2.45. The van der Waals surface area contributed by atoms with Gasteiger partial charge in [0.25, 0.3) is 0 Å². The molecule has 0 radical (unpaired) electrons. The molecule has 0 spiro atoms. The fourth-order valence-corrected chi connectivity index (χ4v) is 3.89. The summed E-state index contributed by atoms with van der Waals surface area (Å²) in [6.07, 6.45) is 2.03. The van der Waals surface area contributed by atoms with E-state index >= 15 is 0 Å². The van der Waals surface area contributed by atoms with Crippen LogP contribution in [-0.2, 0) is 0 Å². The van der Waals surface area contributed by atoms with Crippen molar-refractivity contribution in [2.24, 2.45) is 0 Å². The minimum Gasteiger partial charge on any atom is -0.255 e. The molecule has 0 bridgehead atoms. The first-order valence-corrected chi connectivity index (χ1v) is 9.06. The maximum atomic E-state index is 4.90. The predicted octanol–water partition coefficient (Wildman–Crippen LogP) is 6.80. The van der Waals surface area contributed by atoms with Crippen LogP contribution in [-0.4, -0.2) is 4.98 Å². The zero-order valence-electron chi connectivity index (χ0n) is 15.8. The minimum absolute atomic E-state index is 1.06. The topological polar surface area (TPSA) is 12.9 Å². The number of aromatic nitrogens is 1. The third-order valence-corrected chi connectivity index (χ3v) is 4.82.